The minimum atomic E-state index is -0.737. The molecule has 1 saturated heterocycles. The number of rotatable bonds is 5. The smallest absolute Gasteiger partial charge is 0.199 e. The predicted molar refractivity (Wildman–Crippen MR) is 52.1 cm³/mol. The minimum Gasteiger partial charge on any atom is -0.275 e. The van der Waals surface area contributed by atoms with Crippen molar-refractivity contribution in [3.63, 3.8) is 0 Å². The van der Waals surface area contributed by atoms with Gasteiger partial charge in [-0.05, 0) is 19.5 Å². The zero-order valence-corrected chi connectivity index (χ0v) is 9.51. The Hall–Kier alpha value is 0.0669. The van der Waals surface area contributed by atoms with Crippen molar-refractivity contribution in [2.75, 3.05) is 13.1 Å². The number of alkyl halides is 1. The second kappa shape index (κ2) is 4.94. The third kappa shape index (κ3) is 2.28. The van der Waals surface area contributed by atoms with Crippen molar-refractivity contribution in [1.82, 2.24) is 9.13 Å². The van der Waals surface area contributed by atoms with Gasteiger partial charge in [0.25, 0.3) is 0 Å². The first-order valence-corrected chi connectivity index (χ1v) is 6.18. The van der Waals surface area contributed by atoms with E-state index in [0.717, 1.165) is 13.1 Å². The van der Waals surface area contributed by atoms with Gasteiger partial charge in [-0.1, -0.05) is 26.7 Å². The molecule has 72 valence electrons. The average Bonchev–Trinajstić information content (AvgIpc) is 2.09. The van der Waals surface area contributed by atoms with Crippen molar-refractivity contribution in [3.8, 4) is 0 Å². The van der Waals surface area contributed by atoms with Gasteiger partial charge in [-0.25, -0.2) is 4.39 Å². The van der Waals surface area contributed by atoms with E-state index in [-0.39, 0.29) is 9.84 Å². The summed E-state index contributed by atoms with van der Waals surface area (Å²) in [5.41, 5.74) is 0. The van der Waals surface area contributed by atoms with Gasteiger partial charge in [0.15, 0.2) is 16.3 Å². The van der Waals surface area contributed by atoms with Crippen LogP contribution in [-0.4, -0.2) is 38.5 Å². The van der Waals surface area contributed by atoms with Crippen LogP contribution in [0.3, 0.4) is 0 Å². The number of unbranched alkanes of at least 4 members (excludes halogenated alkanes) is 2. The molecule has 1 heterocycles. The fraction of sp³-hybridized carbons (Fsp3) is 1.00. The van der Waals surface area contributed by atoms with Crippen molar-refractivity contribution in [1.29, 1.82) is 0 Å². The summed E-state index contributed by atoms with van der Waals surface area (Å²) >= 11 is 0. The van der Waals surface area contributed by atoms with E-state index in [2.05, 4.69) is 6.92 Å². The first kappa shape index (κ1) is 10.1. The third-order valence-corrected chi connectivity index (χ3v) is 4.51. The fourth-order valence-electron chi connectivity index (χ4n) is 1.50. The first-order valence-electron chi connectivity index (χ1n) is 4.91. The molecule has 0 aliphatic carbocycles. The molecule has 0 amide bonds. The molecule has 1 rings (SSSR count). The van der Waals surface area contributed by atoms with Gasteiger partial charge >= 0.3 is 0 Å². The maximum Gasteiger partial charge on any atom is 0.199 e. The number of nitrogens with zero attached hydrogens (tertiary/aromatic N) is 2. The summed E-state index contributed by atoms with van der Waals surface area (Å²) in [5.74, 6) is 0. The number of hydrogen-bond donors (Lipinski definition) is 0. The Labute approximate surface area is 76.7 Å². The summed E-state index contributed by atoms with van der Waals surface area (Å²) in [6, 6.07) is 0. The highest BCUT2D eigenvalue weighted by atomic mass is 28.2. The average molecular weight is 190 g/mol. The zero-order valence-electron chi connectivity index (χ0n) is 8.09. The lowest BCUT2D eigenvalue weighted by Gasteiger charge is -2.45. The van der Waals surface area contributed by atoms with Gasteiger partial charge in [0, 0.05) is 0 Å². The van der Waals surface area contributed by atoms with E-state index in [1.165, 1.54) is 19.3 Å². The lowest BCUT2D eigenvalue weighted by Crippen LogP contribution is -2.64. The molecule has 0 saturated carbocycles. The molecule has 2 nitrogen and oxygen atoms in total. The van der Waals surface area contributed by atoms with Crippen LogP contribution in [0.4, 0.5) is 4.39 Å². The molecule has 1 fully saturated rings. The van der Waals surface area contributed by atoms with E-state index in [1.54, 1.807) is 0 Å². The molecule has 4 heteroatoms. The van der Waals surface area contributed by atoms with Gasteiger partial charge in [0.1, 0.15) is 0 Å². The van der Waals surface area contributed by atoms with E-state index < -0.39 is 6.42 Å². The Balaban J connectivity index is 2.05. The van der Waals surface area contributed by atoms with Gasteiger partial charge in [-0.2, -0.15) is 0 Å². The van der Waals surface area contributed by atoms with E-state index >= 15 is 0 Å². The molecule has 0 aromatic rings. The lowest BCUT2D eigenvalue weighted by molar-refractivity contribution is -0.0142. The molecule has 1 aliphatic rings. The highest BCUT2D eigenvalue weighted by molar-refractivity contribution is 6.31. The largest absolute Gasteiger partial charge is 0.275 e. The van der Waals surface area contributed by atoms with Crippen molar-refractivity contribution in [2.24, 2.45) is 0 Å². The maximum atomic E-state index is 13.2. The molecular formula is C8H19FN2Si. The lowest BCUT2D eigenvalue weighted by atomic mass is 10.2. The van der Waals surface area contributed by atoms with Crippen LogP contribution in [0.15, 0.2) is 0 Å². The summed E-state index contributed by atoms with van der Waals surface area (Å²) < 4.78 is 17.2. The van der Waals surface area contributed by atoms with E-state index in [9.17, 15) is 4.39 Å². The van der Waals surface area contributed by atoms with E-state index in [4.69, 9.17) is 0 Å². The molecule has 0 radical (unpaired) electrons. The van der Waals surface area contributed by atoms with Crippen LogP contribution in [0.2, 0.25) is 0 Å². The highest BCUT2D eigenvalue weighted by Crippen LogP contribution is 2.17. The molecule has 0 aromatic carbocycles. The third-order valence-electron chi connectivity index (χ3n) is 2.42. The highest BCUT2D eigenvalue weighted by Gasteiger charge is 2.34. The topological polar surface area (TPSA) is 6.48 Å². The maximum absolute atomic E-state index is 13.2. The van der Waals surface area contributed by atoms with E-state index in [0.29, 0.717) is 0 Å². The van der Waals surface area contributed by atoms with Crippen LogP contribution in [0.5, 0.6) is 0 Å². The predicted octanol–water partition coefficient (Wildman–Crippen LogP) is 1.07. The molecule has 0 spiro atoms. The second-order valence-electron chi connectivity index (χ2n) is 3.38. The van der Waals surface area contributed by atoms with Crippen molar-refractivity contribution in [2.45, 2.75) is 39.5 Å². The summed E-state index contributed by atoms with van der Waals surface area (Å²) in [6.45, 7) is 6.08. The van der Waals surface area contributed by atoms with Crippen LogP contribution >= 0.6 is 0 Å². The molecule has 1 aliphatic heterocycles. The van der Waals surface area contributed by atoms with Gasteiger partial charge in [0.2, 0.25) is 0 Å². The Kier molecular flexibility index (Phi) is 4.18. The van der Waals surface area contributed by atoms with Crippen LogP contribution in [-0.2, 0) is 0 Å². The first-order chi connectivity index (χ1) is 5.79. The Morgan fingerprint density at radius 1 is 1.25 bits per heavy atom. The van der Waals surface area contributed by atoms with Crippen molar-refractivity contribution in [3.05, 3.63) is 0 Å². The van der Waals surface area contributed by atoms with E-state index in [1.807, 2.05) is 16.1 Å². The summed E-state index contributed by atoms with van der Waals surface area (Å²) in [4.78, 5) is 0. The second-order valence-corrected chi connectivity index (χ2v) is 5.28. The number of hydrogen-bond acceptors (Lipinski definition) is 2. The zero-order chi connectivity index (χ0) is 8.97. The van der Waals surface area contributed by atoms with Gasteiger partial charge in [-0.15, -0.1) is 0 Å². The monoisotopic (exact) mass is 190 g/mol. The normalized spacial score (nSPS) is 27.8. The van der Waals surface area contributed by atoms with Gasteiger partial charge < -0.3 is 0 Å². The Bertz CT molecular complexity index is 134. The van der Waals surface area contributed by atoms with Crippen LogP contribution in [0, 0.1) is 0 Å². The summed E-state index contributed by atoms with van der Waals surface area (Å²) in [5, 5.41) is 0. The minimum absolute atomic E-state index is 0.351. The molecule has 1 unspecified atom stereocenters. The molecular weight excluding hydrogens is 171 g/mol. The molecule has 0 bridgehead atoms. The van der Waals surface area contributed by atoms with Gasteiger partial charge in [-0.3, -0.25) is 9.13 Å². The number of halogens is 1. The summed E-state index contributed by atoms with van der Waals surface area (Å²) in [6.07, 6.45) is 2.90. The Morgan fingerprint density at radius 2 is 2.00 bits per heavy atom. The van der Waals surface area contributed by atoms with Crippen LogP contribution < -0.4 is 0 Å². The molecule has 12 heavy (non-hydrogen) atoms. The molecule has 1 atom stereocenters. The van der Waals surface area contributed by atoms with Crippen molar-refractivity contribution >= 4 is 9.84 Å². The standard InChI is InChI=1S/C8H19FN2Si/c1-3-5-6-7-11-8(9)10(4-2)12-11/h8H,3-7,12H2,1-2H3. The summed E-state index contributed by atoms with van der Waals surface area (Å²) in [7, 11) is -0.351. The molecule has 0 aromatic heterocycles. The van der Waals surface area contributed by atoms with Crippen LogP contribution in [0.1, 0.15) is 33.1 Å². The Morgan fingerprint density at radius 3 is 2.50 bits per heavy atom. The van der Waals surface area contributed by atoms with Crippen LogP contribution in [0.25, 0.3) is 0 Å². The fourth-order valence-corrected chi connectivity index (χ4v) is 2.95. The van der Waals surface area contributed by atoms with Gasteiger partial charge in [0.05, 0.1) is 0 Å². The molecule has 0 N–H and O–H groups in total. The quantitative estimate of drug-likeness (QED) is 0.363. The van der Waals surface area contributed by atoms with Crippen molar-refractivity contribution < 1.29 is 4.39 Å². The SMILES string of the molecule is CCCCCN1[SiH2]N(CC)C1F.